The minimum absolute atomic E-state index is 0.0302. The molecule has 16 heavy (non-hydrogen) atoms. The summed E-state index contributed by atoms with van der Waals surface area (Å²) in [7, 11) is -1.71. The van der Waals surface area contributed by atoms with Crippen LogP contribution in [-0.4, -0.2) is 45.1 Å². The highest BCUT2D eigenvalue weighted by Crippen LogP contribution is 2.08. The number of sulfonamides is 1. The molecule has 0 aliphatic rings. The van der Waals surface area contributed by atoms with Gasteiger partial charge in [0.05, 0.1) is 11.4 Å². The maximum absolute atomic E-state index is 11.5. The molecular formula is C10H23NO4S. The molecule has 2 N–H and O–H groups in total. The summed E-state index contributed by atoms with van der Waals surface area (Å²) in [4.78, 5) is 0. The molecule has 0 saturated carbocycles. The summed E-state index contributed by atoms with van der Waals surface area (Å²) in [6.07, 6.45) is 1.87. The van der Waals surface area contributed by atoms with Crippen molar-refractivity contribution in [2.75, 3.05) is 26.0 Å². The van der Waals surface area contributed by atoms with Gasteiger partial charge in [0, 0.05) is 26.7 Å². The molecule has 1 atom stereocenters. The van der Waals surface area contributed by atoms with E-state index < -0.39 is 15.6 Å². The van der Waals surface area contributed by atoms with E-state index in [1.54, 1.807) is 14.0 Å². The van der Waals surface area contributed by atoms with Crippen molar-refractivity contribution >= 4 is 10.0 Å². The molecule has 0 spiro atoms. The van der Waals surface area contributed by atoms with Crippen molar-refractivity contribution in [1.82, 2.24) is 4.72 Å². The first-order valence-electron chi connectivity index (χ1n) is 5.51. The second-order valence-corrected chi connectivity index (χ2v) is 6.16. The van der Waals surface area contributed by atoms with Gasteiger partial charge in [-0.15, -0.1) is 0 Å². The summed E-state index contributed by atoms with van der Waals surface area (Å²) in [5.74, 6) is 0.115. The molecule has 0 fully saturated rings. The number of methoxy groups -OCH3 is 1. The van der Waals surface area contributed by atoms with Gasteiger partial charge in [0.2, 0.25) is 10.0 Å². The van der Waals surface area contributed by atoms with E-state index in [0.29, 0.717) is 19.4 Å². The SMILES string of the molecule is CCCCS(=O)(=O)NCC(C)(O)CCOC. The summed E-state index contributed by atoms with van der Waals surface area (Å²) in [5.41, 5.74) is -1.06. The van der Waals surface area contributed by atoms with Gasteiger partial charge in [-0.3, -0.25) is 0 Å². The third-order valence-corrected chi connectivity index (χ3v) is 3.69. The summed E-state index contributed by atoms with van der Waals surface area (Å²) in [6, 6.07) is 0. The molecular weight excluding hydrogens is 230 g/mol. The Labute approximate surface area is 98.2 Å². The topological polar surface area (TPSA) is 75.6 Å². The Morgan fingerprint density at radius 3 is 2.56 bits per heavy atom. The number of hydrogen-bond acceptors (Lipinski definition) is 4. The fourth-order valence-corrected chi connectivity index (χ4v) is 2.43. The van der Waals surface area contributed by atoms with E-state index in [9.17, 15) is 13.5 Å². The molecule has 0 radical (unpaired) electrons. The summed E-state index contributed by atoms with van der Waals surface area (Å²) in [5, 5.41) is 9.83. The molecule has 0 aromatic carbocycles. The lowest BCUT2D eigenvalue weighted by Crippen LogP contribution is -2.42. The van der Waals surface area contributed by atoms with Gasteiger partial charge in [-0.05, 0) is 13.3 Å². The predicted octanol–water partition coefficient (Wildman–Crippen LogP) is 0.493. The second-order valence-electron chi connectivity index (χ2n) is 4.23. The molecule has 6 heteroatoms. The van der Waals surface area contributed by atoms with Crippen LogP contribution in [0.5, 0.6) is 0 Å². The molecule has 0 aliphatic heterocycles. The Balaban J connectivity index is 4.02. The Morgan fingerprint density at radius 1 is 1.44 bits per heavy atom. The van der Waals surface area contributed by atoms with Crippen LogP contribution in [0.3, 0.4) is 0 Å². The van der Waals surface area contributed by atoms with Crippen LogP contribution in [0.2, 0.25) is 0 Å². The molecule has 1 unspecified atom stereocenters. The van der Waals surface area contributed by atoms with Crippen LogP contribution < -0.4 is 4.72 Å². The number of hydrogen-bond donors (Lipinski definition) is 2. The lowest BCUT2D eigenvalue weighted by atomic mass is 10.0. The number of aliphatic hydroxyl groups is 1. The van der Waals surface area contributed by atoms with Crippen LogP contribution in [0.4, 0.5) is 0 Å². The Kier molecular flexibility index (Phi) is 7.14. The van der Waals surface area contributed by atoms with Crippen LogP contribution in [0.25, 0.3) is 0 Å². The maximum atomic E-state index is 11.5. The number of nitrogens with one attached hydrogen (secondary N) is 1. The lowest BCUT2D eigenvalue weighted by Gasteiger charge is -2.23. The van der Waals surface area contributed by atoms with E-state index in [4.69, 9.17) is 4.74 Å². The van der Waals surface area contributed by atoms with E-state index in [2.05, 4.69) is 4.72 Å². The van der Waals surface area contributed by atoms with Gasteiger partial charge < -0.3 is 9.84 Å². The van der Waals surface area contributed by atoms with E-state index in [0.717, 1.165) is 6.42 Å². The zero-order chi connectivity index (χ0) is 12.7. The van der Waals surface area contributed by atoms with Crippen molar-refractivity contribution in [3.8, 4) is 0 Å². The molecule has 0 aliphatic carbocycles. The average Bonchev–Trinajstić information content (AvgIpc) is 2.22. The molecule has 0 heterocycles. The monoisotopic (exact) mass is 253 g/mol. The highest BCUT2D eigenvalue weighted by molar-refractivity contribution is 7.89. The van der Waals surface area contributed by atoms with Gasteiger partial charge in [-0.1, -0.05) is 13.3 Å². The number of ether oxygens (including phenoxy) is 1. The molecule has 0 saturated heterocycles. The average molecular weight is 253 g/mol. The Hall–Kier alpha value is -0.170. The first kappa shape index (κ1) is 15.8. The second kappa shape index (κ2) is 7.21. The van der Waals surface area contributed by atoms with Crippen molar-refractivity contribution in [2.24, 2.45) is 0 Å². The quantitative estimate of drug-likeness (QED) is 0.627. The van der Waals surface area contributed by atoms with Gasteiger partial charge in [-0.2, -0.15) is 0 Å². The summed E-state index contributed by atoms with van der Waals surface area (Å²) in [6.45, 7) is 3.96. The van der Waals surface area contributed by atoms with Crippen molar-refractivity contribution in [3.05, 3.63) is 0 Å². The van der Waals surface area contributed by atoms with E-state index in [1.165, 1.54) is 0 Å². The number of rotatable bonds is 9. The molecule has 0 bridgehead atoms. The molecule has 5 nitrogen and oxygen atoms in total. The predicted molar refractivity (Wildman–Crippen MR) is 63.8 cm³/mol. The molecule has 0 amide bonds. The fraction of sp³-hybridized carbons (Fsp3) is 1.00. The smallest absolute Gasteiger partial charge is 0.211 e. The molecule has 0 aromatic heterocycles. The van der Waals surface area contributed by atoms with Crippen molar-refractivity contribution in [3.63, 3.8) is 0 Å². The first-order chi connectivity index (χ1) is 7.33. The standard InChI is InChI=1S/C10H23NO4S/c1-4-5-8-16(13,14)11-9-10(2,12)6-7-15-3/h11-12H,4-9H2,1-3H3. The first-order valence-corrected chi connectivity index (χ1v) is 7.17. The Bertz CT molecular complexity index is 275. The third kappa shape index (κ3) is 8.04. The lowest BCUT2D eigenvalue weighted by molar-refractivity contribution is 0.0292. The van der Waals surface area contributed by atoms with Crippen LogP contribution in [0, 0.1) is 0 Å². The van der Waals surface area contributed by atoms with Gasteiger partial charge in [0.1, 0.15) is 0 Å². The molecule has 0 rings (SSSR count). The normalized spacial score (nSPS) is 16.0. The zero-order valence-corrected chi connectivity index (χ0v) is 11.1. The van der Waals surface area contributed by atoms with Crippen LogP contribution in [0.1, 0.15) is 33.1 Å². The summed E-state index contributed by atoms with van der Waals surface area (Å²) >= 11 is 0. The minimum Gasteiger partial charge on any atom is -0.389 e. The highest BCUT2D eigenvalue weighted by Gasteiger charge is 2.22. The van der Waals surface area contributed by atoms with Gasteiger partial charge in [-0.25, -0.2) is 13.1 Å². The third-order valence-electron chi connectivity index (χ3n) is 2.28. The van der Waals surface area contributed by atoms with E-state index in [-0.39, 0.29) is 12.3 Å². The van der Waals surface area contributed by atoms with E-state index in [1.807, 2.05) is 6.92 Å². The largest absolute Gasteiger partial charge is 0.389 e. The Morgan fingerprint density at radius 2 is 2.06 bits per heavy atom. The van der Waals surface area contributed by atoms with Crippen molar-refractivity contribution < 1.29 is 18.3 Å². The van der Waals surface area contributed by atoms with Gasteiger partial charge in [0.15, 0.2) is 0 Å². The van der Waals surface area contributed by atoms with Gasteiger partial charge in [0.25, 0.3) is 0 Å². The zero-order valence-electron chi connectivity index (χ0n) is 10.3. The highest BCUT2D eigenvalue weighted by atomic mass is 32.2. The minimum atomic E-state index is -3.25. The molecule has 98 valence electrons. The number of unbranched alkanes of at least 4 members (excludes halogenated alkanes) is 1. The maximum Gasteiger partial charge on any atom is 0.211 e. The van der Waals surface area contributed by atoms with E-state index >= 15 is 0 Å². The van der Waals surface area contributed by atoms with Crippen LogP contribution in [0.15, 0.2) is 0 Å². The van der Waals surface area contributed by atoms with Crippen molar-refractivity contribution in [2.45, 2.75) is 38.7 Å². The summed E-state index contributed by atoms with van der Waals surface area (Å²) < 4.78 is 30.2. The fourth-order valence-electron chi connectivity index (χ4n) is 1.08. The van der Waals surface area contributed by atoms with Crippen LogP contribution >= 0.6 is 0 Å². The van der Waals surface area contributed by atoms with Crippen molar-refractivity contribution in [1.29, 1.82) is 0 Å². The van der Waals surface area contributed by atoms with Gasteiger partial charge >= 0.3 is 0 Å². The molecule has 0 aromatic rings. The van der Waals surface area contributed by atoms with Crippen LogP contribution in [-0.2, 0) is 14.8 Å².